The van der Waals surface area contributed by atoms with Gasteiger partial charge in [0, 0.05) is 21.7 Å². The van der Waals surface area contributed by atoms with Gasteiger partial charge in [0.05, 0.1) is 7.11 Å². The molecular formula is C15H15BrClNO. The smallest absolute Gasteiger partial charge is 0.118 e. The van der Waals surface area contributed by atoms with E-state index in [1.54, 1.807) is 7.11 Å². The van der Waals surface area contributed by atoms with E-state index in [-0.39, 0.29) is 0 Å². The van der Waals surface area contributed by atoms with E-state index in [9.17, 15) is 0 Å². The first-order chi connectivity index (χ1) is 9.19. The van der Waals surface area contributed by atoms with Gasteiger partial charge in [0.15, 0.2) is 0 Å². The maximum Gasteiger partial charge on any atom is 0.118 e. The van der Waals surface area contributed by atoms with Crippen LogP contribution in [0.4, 0.5) is 5.69 Å². The summed E-state index contributed by atoms with van der Waals surface area (Å²) in [6.07, 6.45) is 0.947. The van der Waals surface area contributed by atoms with Gasteiger partial charge >= 0.3 is 0 Å². The molecule has 0 amide bonds. The molecule has 0 saturated heterocycles. The number of methoxy groups -OCH3 is 1. The van der Waals surface area contributed by atoms with E-state index in [1.165, 1.54) is 5.56 Å². The van der Waals surface area contributed by atoms with Gasteiger partial charge in [-0.25, -0.2) is 0 Å². The third-order valence-corrected chi connectivity index (χ3v) is 3.74. The lowest BCUT2D eigenvalue weighted by Gasteiger charge is -2.09. The van der Waals surface area contributed by atoms with Crippen LogP contribution in [0, 0.1) is 0 Å². The summed E-state index contributed by atoms with van der Waals surface area (Å²) in [4.78, 5) is 0. The molecule has 1 N–H and O–H groups in total. The highest BCUT2D eigenvalue weighted by Gasteiger charge is 2.00. The molecule has 0 saturated carbocycles. The van der Waals surface area contributed by atoms with Crippen molar-refractivity contribution in [1.29, 1.82) is 0 Å². The first kappa shape index (κ1) is 14.2. The van der Waals surface area contributed by atoms with Crippen LogP contribution in [0.3, 0.4) is 0 Å². The highest BCUT2D eigenvalue weighted by Crippen LogP contribution is 2.25. The number of nitrogens with one attached hydrogen (secondary N) is 1. The minimum absolute atomic E-state index is 0.732. The molecule has 2 aromatic carbocycles. The van der Waals surface area contributed by atoms with Crippen molar-refractivity contribution in [1.82, 2.24) is 0 Å². The molecular weight excluding hydrogens is 326 g/mol. The predicted molar refractivity (Wildman–Crippen MR) is 84.3 cm³/mol. The first-order valence-corrected chi connectivity index (χ1v) is 7.18. The van der Waals surface area contributed by atoms with Crippen LogP contribution in [0.15, 0.2) is 46.9 Å². The monoisotopic (exact) mass is 339 g/mol. The molecule has 0 aliphatic rings. The molecule has 19 heavy (non-hydrogen) atoms. The lowest BCUT2D eigenvalue weighted by atomic mass is 10.1. The Labute approximate surface area is 126 Å². The van der Waals surface area contributed by atoms with Gasteiger partial charge in [-0.2, -0.15) is 0 Å². The van der Waals surface area contributed by atoms with Crippen molar-refractivity contribution in [2.24, 2.45) is 0 Å². The van der Waals surface area contributed by atoms with Gasteiger partial charge in [0.1, 0.15) is 5.75 Å². The van der Waals surface area contributed by atoms with E-state index in [0.29, 0.717) is 0 Å². The third-order valence-electron chi connectivity index (χ3n) is 2.82. The Kier molecular flexibility index (Phi) is 5.11. The second-order valence-corrected chi connectivity index (χ2v) is 5.44. The van der Waals surface area contributed by atoms with Gasteiger partial charge in [0.25, 0.3) is 0 Å². The van der Waals surface area contributed by atoms with Crippen molar-refractivity contribution in [3.05, 3.63) is 57.5 Å². The zero-order chi connectivity index (χ0) is 13.7. The Morgan fingerprint density at radius 2 is 1.89 bits per heavy atom. The summed E-state index contributed by atoms with van der Waals surface area (Å²) in [6, 6.07) is 13.8. The lowest BCUT2D eigenvalue weighted by molar-refractivity contribution is 0.414. The van der Waals surface area contributed by atoms with Crippen molar-refractivity contribution < 1.29 is 4.74 Å². The van der Waals surface area contributed by atoms with Gasteiger partial charge < -0.3 is 10.1 Å². The van der Waals surface area contributed by atoms with E-state index in [1.807, 2.05) is 30.3 Å². The average molecular weight is 341 g/mol. The number of ether oxygens (including phenoxy) is 1. The van der Waals surface area contributed by atoms with Crippen LogP contribution in [0.5, 0.6) is 5.75 Å². The minimum atomic E-state index is 0.732. The number of anilines is 1. The molecule has 0 spiro atoms. The second-order valence-electron chi connectivity index (χ2n) is 4.15. The summed E-state index contributed by atoms with van der Waals surface area (Å²) in [6.45, 7) is 0.852. The Morgan fingerprint density at radius 3 is 2.58 bits per heavy atom. The molecule has 2 nitrogen and oxygen atoms in total. The van der Waals surface area contributed by atoms with Crippen LogP contribution in [0.2, 0.25) is 5.02 Å². The maximum atomic E-state index is 5.97. The quantitative estimate of drug-likeness (QED) is 0.847. The molecule has 0 unspecified atom stereocenters. The van der Waals surface area contributed by atoms with Crippen molar-refractivity contribution in [3.63, 3.8) is 0 Å². The summed E-state index contributed by atoms with van der Waals surface area (Å²) in [7, 11) is 1.67. The van der Waals surface area contributed by atoms with Gasteiger partial charge in [-0.05, 0) is 58.2 Å². The summed E-state index contributed by atoms with van der Waals surface area (Å²) in [5.74, 6) is 0.884. The Hall–Kier alpha value is -1.19. The number of hydrogen-bond donors (Lipinski definition) is 1. The molecule has 0 radical (unpaired) electrons. The fourth-order valence-corrected chi connectivity index (χ4v) is 2.33. The molecule has 0 aromatic heterocycles. The maximum absolute atomic E-state index is 5.97. The van der Waals surface area contributed by atoms with Crippen molar-refractivity contribution in [2.45, 2.75) is 6.42 Å². The Bertz CT molecular complexity index is 542. The molecule has 100 valence electrons. The van der Waals surface area contributed by atoms with Crippen LogP contribution in [0.25, 0.3) is 0 Å². The van der Waals surface area contributed by atoms with Crippen molar-refractivity contribution in [3.8, 4) is 5.75 Å². The molecule has 0 bridgehead atoms. The molecule has 4 heteroatoms. The van der Waals surface area contributed by atoms with Gasteiger partial charge in [-0.1, -0.05) is 23.7 Å². The third kappa shape index (κ3) is 4.15. The molecule has 0 heterocycles. The van der Waals surface area contributed by atoms with Crippen LogP contribution >= 0.6 is 27.5 Å². The first-order valence-electron chi connectivity index (χ1n) is 6.01. The zero-order valence-electron chi connectivity index (χ0n) is 10.6. The van der Waals surface area contributed by atoms with E-state index < -0.39 is 0 Å². The zero-order valence-corrected chi connectivity index (χ0v) is 13.0. The molecule has 2 aromatic rings. The SMILES string of the molecule is COc1ccc(CCNc2cc(Cl)ccc2Br)cc1. The largest absolute Gasteiger partial charge is 0.497 e. The van der Waals surface area contributed by atoms with Crippen LogP contribution in [-0.2, 0) is 6.42 Å². The average Bonchev–Trinajstić information content (AvgIpc) is 2.43. The summed E-state index contributed by atoms with van der Waals surface area (Å²) in [5.41, 5.74) is 2.28. The molecule has 0 atom stereocenters. The summed E-state index contributed by atoms with van der Waals surface area (Å²) < 4.78 is 6.16. The summed E-state index contributed by atoms with van der Waals surface area (Å²) in [5, 5.41) is 4.10. The van der Waals surface area contributed by atoms with E-state index >= 15 is 0 Å². The Balaban J connectivity index is 1.90. The normalized spacial score (nSPS) is 10.3. The highest BCUT2D eigenvalue weighted by molar-refractivity contribution is 9.10. The van der Waals surface area contributed by atoms with Crippen LogP contribution in [-0.4, -0.2) is 13.7 Å². The number of halogens is 2. The van der Waals surface area contributed by atoms with Crippen LogP contribution in [0.1, 0.15) is 5.56 Å². The second kappa shape index (κ2) is 6.83. The number of benzene rings is 2. The minimum Gasteiger partial charge on any atom is -0.497 e. The van der Waals surface area contributed by atoms with Crippen LogP contribution < -0.4 is 10.1 Å². The predicted octanol–water partition coefficient (Wildman–Crippen LogP) is 4.77. The van der Waals surface area contributed by atoms with E-state index in [0.717, 1.165) is 33.9 Å². The fraction of sp³-hybridized carbons (Fsp3) is 0.200. The molecule has 0 fully saturated rings. The fourth-order valence-electron chi connectivity index (χ4n) is 1.77. The molecule has 2 rings (SSSR count). The number of hydrogen-bond acceptors (Lipinski definition) is 2. The molecule has 0 aliphatic heterocycles. The van der Waals surface area contributed by atoms with Crippen molar-refractivity contribution >= 4 is 33.2 Å². The highest BCUT2D eigenvalue weighted by atomic mass is 79.9. The number of rotatable bonds is 5. The molecule has 0 aliphatic carbocycles. The van der Waals surface area contributed by atoms with E-state index in [4.69, 9.17) is 16.3 Å². The lowest BCUT2D eigenvalue weighted by Crippen LogP contribution is -2.05. The van der Waals surface area contributed by atoms with Gasteiger partial charge in [-0.3, -0.25) is 0 Å². The summed E-state index contributed by atoms with van der Waals surface area (Å²) >= 11 is 9.47. The van der Waals surface area contributed by atoms with Gasteiger partial charge in [0.2, 0.25) is 0 Å². The Morgan fingerprint density at radius 1 is 1.16 bits per heavy atom. The topological polar surface area (TPSA) is 21.3 Å². The standard InChI is InChI=1S/C15H15BrClNO/c1-19-13-5-2-11(3-6-13)8-9-18-15-10-12(17)4-7-14(15)16/h2-7,10,18H,8-9H2,1H3. The van der Waals surface area contributed by atoms with Crippen molar-refractivity contribution in [2.75, 3.05) is 19.0 Å². The van der Waals surface area contributed by atoms with Gasteiger partial charge in [-0.15, -0.1) is 0 Å². The van der Waals surface area contributed by atoms with E-state index in [2.05, 4.69) is 33.4 Å².